The zero-order valence-corrected chi connectivity index (χ0v) is 10.0. The van der Waals surface area contributed by atoms with Crippen LogP contribution in [0.5, 0.6) is 0 Å². The third kappa shape index (κ3) is 1.66. The minimum Gasteiger partial charge on any atom is -0.277 e. The molecule has 5 nitrogen and oxygen atoms in total. The summed E-state index contributed by atoms with van der Waals surface area (Å²) in [6.45, 7) is 1.64. The van der Waals surface area contributed by atoms with E-state index in [0.29, 0.717) is 6.42 Å². The second-order valence-electron chi connectivity index (χ2n) is 4.81. The van der Waals surface area contributed by atoms with Crippen LogP contribution >= 0.6 is 0 Å². The lowest BCUT2D eigenvalue weighted by Crippen LogP contribution is -2.64. The molecule has 0 spiro atoms. The van der Waals surface area contributed by atoms with E-state index in [1.54, 1.807) is 6.92 Å². The van der Waals surface area contributed by atoms with Gasteiger partial charge >= 0.3 is 6.03 Å². The molecule has 2 rings (SSSR count). The summed E-state index contributed by atoms with van der Waals surface area (Å²) in [4.78, 5) is 36.5. The molecule has 0 aromatic carbocycles. The minimum atomic E-state index is -1.12. The lowest BCUT2D eigenvalue weighted by Gasteiger charge is -2.40. The maximum absolute atomic E-state index is 12.2. The minimum absolute atomic E-state index is 0.0319. The van der Waals surface area contributed by atoms with Crippen molar-refractivity contribution in [3.8, 4) is 0 Å². The molecule has 0 aromatic rings. The van der Waals surface area contributed by atoms with Crippen LogP contribution in [0.25, 0.3) is 0 Å². The number of nitrogens with zero attached hydrogens (tertiary/aromatic N) is 1. The number of imide groups is 2. The highest BCUT2D eigenvalue weighted by Crippen LogP contribution is 2.39. The number of nitrogens with one attached hydrogen (secondary N) is 1. The Kier molecular flexibility index (Phi) is 2.77. The first-order valence-corrected chi connectivity index (χ1v) is 5.76. The van der Waals surface area contributed by atoms with E-state index in [1.807, 2.05) is 6.08 Å². The van der Waals surface area contributed by atoms with Crippen molar-refractivity contribution in [1.29, 1.82) is 0 Å². The van der Waals surface area contributed by atoms with Crippen LogP contribution in [0.4, 0.5) is 4.79 Å². The van der Waals surface area contributed by atoms with Crippen LogP contribution in [-0.4, -0.2) is 29.8 Å². The van der Waals surface area contributed by atoms with Crippen molar-refractivity contribution in [2.75, 3.05) is 7.05 Å². The molecule has 5 heteroatoms. The topological polar surface area (TPSA) is 66.5 Å². The fourth-order valence-electron chi connectivity index (χ4n) is 2.53. The lowest BCUT2D eigenvalue weighted by atomic mass is 9.69. The molecule has 1 fully saturated rings. The van der Waals surface area contributed by atoms with E-state index in [0.717, 1.165) is 17.7 Å². The van der Waals surface area contributed by atoms with Crippen molar-refractivity contribution in [3.63, 3.8) is 0 Å². The number of amides is 4. The van der Waals surface area contributed by atoms with Gasteiger partial charge in [-0.1, -0.05) is 12.2 Å². The van der Waals surface area contributed by atoms with E-state index < -0.39 is 23.3 Å². The average molecular weight is 236 g/mol. The van der Waals surface area contributed by atoms with Crippen LogP contribution < -0.4 is 5.32 Å². The molecule has 1 aliphatic heterocycles. The standard InChI is InChI=1S/C12H16N2O3/c1-12(8-6-4-3-5-7-8)9(15)13-11(17)14(2)10(12)16/h3-4,8H,5-7H2,1-2H3,(H,13,15,17). The highest BCUT2D eigenvalue weighted by Gasteiger charge is 2.53. The Morgan fingerprint density at radius 3 is 2.65 bits per heavy atom. The van der Waals surface area contributed by atoms with Crippen molar-refractivity contribution in [3.05, 3.63) is 12.2 Å². The first-order chi connectivity index (χ1) is 7.98. The first kappa shape index (κ1) is 11.8. The van der Waals surface area contributed by atoms with Crippen molar-refractivity contribution >= 4 is 17.8 Å². The van der Waals surface area contributed by atoms with Gasteiger partial charge in [-0.25, -0.2) is 4.79 Å². The SMILES string of the molecule is CN1C(=O)NC(=O)C(C)(C2CC=CCC2)C1=O. The van der Waals surface area contributed by atoms with Gasteiger partial charge in [-0.3, -0.25) is 19.8 Å². The monoisotopic (exact) mass is 236 g/mol. The molecule has 4 amide bonds. The average Bonchev–Trinajstić information content (AvgIpc) is 2.35. The molecule has 1 heterocycles. The fourth-order valence-corrected chi connectivity index (χ4v) is 2.53. The largest absolute Gasteiger partial charge is 0.330 e. The smallest absolute Gasteiger partial charge is 0.277 e. The Labute approximate surface area is 99.8 Å². The molecule has 0 radical (unpaired) electrons. The molecule has 1 N–H and O–H groups in total. The number of hydrogen-bond donors (Lipinski definition) is 1. The molecule has 1 saturated heterocycles. The lowest BCUT2D eigenvalue weighted by molar-refractivity contribution is -0.153. The summed E-state index contributed by atoms with van der Waals surface area (Å²) >= 11 is 0. The number of rotatable bonds is 1. The molecule has 2 atom stereocenters. The van der Waals surface area contributed by atoms with Crippen LogP contribution in [0.2, 0.25) is 0 Å². The van der Waals surface area contributed by atoms with Crippen molar-refractivity contribution in [1.82, 2.24) is 10.2 Å². The second-order valence-corrected chi connectivity index (χ2v) is 4.81. The maximum Gasteiger partial charge on any atom is 0.330 e. The Morgan fingerprint density at radius 1 is 1.35 bits per heavy atom. The predicted octanol–water partition coefficient (Wildman–Crippen LogP) is 1.06. The van der Waals surface area contributed by atoms with E-state index >= 15 is 0 Å². The molecule has 0 bridgehead atoms. The van der Waals surface area contributed by atoms with Gasteiger partial charge in [-0.2, -0.15) is 0 Å². The number of barbiturate groups is 1. The number of allylic oxidation sites excluding steroid dienone is 2. The van der Waals surface area contributed by atoms with E-state index in [9.17, 15) is 14.4 Å². The van der Waals surface area contributed by atoms with Gasteiger partial charge in [0.25, 0.3) is 0 Å². The summed E-state index contributed by atoms with van der Waals surface area (Å²) in [5, 5.41) is 2.25. The van der Waals surface area contributed by atoms with E-state index in [1.165, 1.54) is 7.05 Å². The molecular formula is C12H16N2O3. The normalized spacial score (nSPS) is 33.9. The number of urea groups is 1. The summed E-state index contributed by atoms with van der Waals surface area (Å²) in [5.74, 6) is -0.895. The van der Waals surface area contributed by atoms with E-state index in [4.69, 9.17) is 0 Å². The Balaban J connectivity index is 2.33. The molecule has 92 valence electrons. The maximum atomic E-state index is 12.2. The summed E-state index contributed by atoms with van der Waals surface area (Å²) in [5.41, 5.74) is -1.12. The zero-order valence-electron chi connectivity index (χ0n) is 10.0. The zero-order chi connectivity index (χ0) is 12.6. The Morgan fingerprint density at radius 2 is 2.06 bits per heavy atom. The van der Waals surface area contributed by atoms with E-state index in [-0.39, 0.29) is 5.92 Å². The van der Waals surface area contributed by atoms with Gasteiger partial charge in [0.1, 0.15) is 5.41 Å². The Hall–Kier alpha value is -1.65. The molecular weight excluding hydrogens is 220 g/mol. The number of hydrogen-bond acceptors (Lipinski definition) is 3. The third-order valence-electron chi connectivity index (χ3n) is 3.83. The summed E-state index contributed by atoms with van der Waals surface area (Å²) in [6.07, 6.45) is 6.43. The first-order valence-electron chi connectivity index (χ1n) is 5.76. The summed E-state index contributed by atoms with van der Waals surface area (Å²) in [6, 6.07) is -0.635. The van der Waals surface area contributed by atoms with Crippen molar-refractivity contribution in [2.45, 2.75) is 26.2 Å². The van der Waals surface area contributed by atoms with Gasteiger partial charge < -0.3 is 0 Å². The highest BCUT2D eigenvalue weighted by atomic mass is 16.2. The number of carbonyl (C=O) groups excluding carboxylic acids is 3. The molecule has 0 aromatic heterocycles. The molecule has 1 aliphatic carbocycles. The number of carbonyl (C=O) groups is 3. The summed E-state index contributed by atoms with van der Waals surface area (Å²) < 4.78 is 0. The van der Waals surface area contributed by atoms with E-state index in [2.05, 4.69) is 11.4 Å². The van der Waals surface area contributed by atoms with Gasteiger partial charge in [0.2, 0.25) is 11.8 Å². The summed E-state index contributed by atoms with van der Waals surface area (Å²) in [7, 11) is 1.40. The van der Waals surface area contributed by atoms with Crippen LogP contribution in [-0.2, 0) is 9.59 Å². The van der Waals surface area contributed by atoms with Crippen molar-refractivity contribution < 1.29 is 14.4 Å². The van der Waals surface area contributed by atoms with Crippen LogP contribution in [0.15, 0.2) is 12.2 Å². The molecule has 0 saturated carbocycles. The molecule has 2 unspecified atom stereocenters. The van der Waals surface area contributed by atoms with Gasteiger partial charge in [-0.05, 0) is 32.1 Å². The van der Waals surface area contributed by atoms with Gasteiger partial charge in [0, 0.05) is 7.05 Å². The molecule has 17 heavy (non-hydrogen) atoms. The quantitative estimate of drug-likeness (QED) is 0.546. The van der Waals surface area contributed by atoms with Crippen LogP contribution in [0, 0.1) is 11.3 Å². The predicted molar refractivity (Wildman–Crippen MR) is 60.9 cm³/mol. The van der Waals surface area contributed by atoms with Gasteiger partial charge in [-0.15, -0.1) is 0 Å². The van der Waals surface area contributed by atoms with Gasteiger partial charge in [0.15, 0.2) is 0 Å². The van der Waals surface area contributed by atoms with Crippen LogP contribution in [0.3, 0.4) is 0 Å². The Bertz CT molecular complexity index is 416. The van der Waals surface area contributed by atoms with Crippen LogP contribution in [0.1, 0.15) is 26.2 Å². The highest BCUT2D eigenvalue weighted by molar-refractivity contribution is 6.18. The fraction of sp³-hybridized carbons (Fsp3) is 0.583. The van der Waals surface area contributed by atoms with Crippen molar-refractivity contribution in [2.24, 2.45) is 11.3 Å². The second kappa shape index (κ2) is 3.98. The molecule has 2 aliphatic rings. The third-order valence-corrected chi connectivity index (χ3v) is 3.83. The van der Waals surface area contributed by atoms with Gasteiger partial charge in [0.05, 0.1) is 0 Å².